The van der Waals surface area contributed by atoms with E-state index in [2.05, 4.69) is 10.2 Å². The van der Waals surface area contributed by atoms with Crippen LogP contribution in [0.25, 0.3) is 11.1 Å². The number of methoxy groups -OCH3 is 1. The summed E-state index contributed by atoms with van der Waals surface area (Å²) in [5.74, 6) is 0.670. The highest BCUT2D eigenvalue weighted by Gasteiger charge is 2.32. The first kappa shape index (κ1) is 15.3. The molecule has 0 bridgehead atoms. The number of aromatic nitrogens is 2. The van der Waals surface area contributed by atoms with Gasteiger partial charge in [-0.05, 0) is 17.7 Å². The second kappa shape index (κ2) is 6.10. The minimum Gasteiger partial charge on any atom is -0.497 e. The number of nitrogens with one attached hydrogen (secondary N) is 1. The fraction of sp³-hybridized carbons (Fsp3) is 0.231. The third kappa shape index (κ3) is 2.69. The number of ether oxygens (including phenoxy) is 1. The lowest BCUT2D eigenvalue weighted by Crippen LogP contribution is -2.12. The van der Waals surface area contributed by atoms with Crippen LogP contribution in [0.15, 0.2) is 24.3 Å². The highest BCUT2D eigenvalue weighted by molar-refractivity contribution is 7.62. The zero-order valence-corrected chi connectivity index (χ0v) is 12.7. The second-order valence-electron chi connectivity index (χ2n) is 4.00. The topological polar surface area (TPSA) is 97.2 Å². The van der Waals surface area contributed by atoms with Crippen molar-refractivity contribution < 1.29 is 18.3 Å². The molecule has 1 aromatic heterocycles. The summed E-state index contributed by atoms with van der Waals surface area (Å²) in [6.45, 7) is 0. The van der Waals surface area contributed by atoms with Crippen molar-refractivity contribution in [2.75, 3.05) is 21.3 Å². The summed E-state index contributed by atoms with van der Waals surface area (Å²) in [6.07, 6.45) is 0. The molecule has 0 amide bonds. The fourth-order valence-corrected chi connectivity index (χ4v) is 3.10. The Kier molecular flexibility index (Phi) is 4.43. The van der Waals surface area contributed by atoms with Crippen LogP contribution in [-0.2, 0) is 13.6 Å². The standard InChI is InChI=1S/C13H14N3O4P/c1-18-10-6-4-9(5-7-10)12-11(8-14)15-16-13(12)21(17,19-2)20-3/h4-7H,1-3H3,(H,15,16). The average molecular weight is 307 g/mol. The van der Waals surface area contributed by atoms with Gasteiger partial charge in [-0.3, -0.25) is 9.66 Å². The van der Waals surface area contributed by atoms with Crippen LogP contribution in [0.5, 0.6) is 5.75 Å². The molecule has 0 aliphatic carbocycles. The van der Waals surface area contributed by atoms with Crippen molar-refractivity contribution in [1.82, 2.24) is 10.2 Å². The summed E-state index contributed by atoms with van der Waals surface area (Å²) in [4.78, 5) is 0. The molecule has 0 radical (unpaired) electrons. The Balaban J connectivity index is 2.63. The molecule has 0 saturated carbocycles. The van der Waals surface area contributed by atoms with Gasteiger partial charge < -0.3 is 13.8 Å². The molecule has 8 heteroatoms. The van der Waals surface area contributed by atoms with E-state index in [9.17, 15) is 9.83 Å². The fourth-order valence-electron chi connectivity index (χ4n) is 1.90. The van der Waals surface area contributed by atoms with Crippen molar-refractivity contribution >= 4 is 13.0 Å². The molecule has 2 rings (SSSR count). The molecule has 0 aliphatic heterocycles. The van der Waals surface area contributed by atoms with Crippen LogP contribution in [-0.4, -0.2) is 31.5 Å². The van der Waals surface area contributed by atoms with Gasteiger partial charge >= 0.3 is 7.60 Å². The Labute approximate surface area is 122 Å². The maximum absolute atomic E-state index is 12.5. The molecule has 0 saturated heterocycles. The van der Waals surface area contributed by atoms with E-state index >= 15 is 0 Å². The maximum atomic E-state index is 12.5. The number of benzene rings is 1. The summed E-state index contributed by atoms with van der Waals surface area (Å²) in [5.41, 5.74) is 1.32. The van der Waals surface area contributed by atoms with E-state index < -0.39 is 7.60 Å². The van der Waals surface area contributed by atoms with E-state index in [1.165, 1.54) is 14.2 Å². The molecule has 1 N–H and O–H groups in total. The number of nitriles is 1. The van der Waals surface area contributed by atoms with Gasteiger partial charge in [-0.1, -0.05) is 12.1 Å². The van der Waals surface area contributed by atoms with Gasteiger partial charge in [0.25, 0.3) is 0 Å². The van der Waals surface area contributed by atoms with Crippen molar-refractivity contribution in [3.05, 3.63) is 30.0 Å². The van der Waals surface area contributed by atoms with Crippen LogP contribution in [0.3, 0.4) is 0 Å². The van der Waals surface area contributed by atoms with Gasteiger partial charge in [0, 0.05) is 14.2 Å². The summed E-state index contributed by atoms with van der Waals surface area (Å²) in [5, 5.41) is 15.6. The second-order valence-corrected chi connectivity index (χ2v) is 6.17. The number of aromatic amines is 1. The Hall–Kier alpha value is -2.13. The molecule has 2 aromatic rings. The third-order valence-electron chi connectivity index (χ3n) is 2.99. The van der Waals surface area contributed by atoms with E-state index in [4.69, 9.17) is 13.8 Å². The van der Waals surface area contributed by atoms with Gasteiger partial charge in [-0.2, -0.15) is 10.4 Å². The third-order valence-corrected chi connectivity index (χ3v) is 4.82. The van der Waals surface area contributed by atoms with E-state index in [0.717, 1.165) is 0 Å². The number of hydrogen-bond donors (Lipinski definition) is 1. The van der Waals surface area contributed by atoms with E-state index in [1.807, 2.05) is 6.07 Å². The Morgan fingerprint density at radius 2 is 1.81 bits per heavy atom. The molecule has 1 heterocycles. The van der Waals surface area contributed by atoms with Crippen LogP contribution in [0, 0.1) is 11.3 Å². The first-order valence-electron chi connectivity index (χ1n) is 5.94. The lowest BCUT2D eigenvalue weighted by atomic mass is 10.1. The van der Waals surface area contributed by atoms with Gasteiger partial charge in [0.1, 0.15) is 11.8 Å². The lowest BCUT2D eigenvalue weighted by molar-refractivity contribution is 0.286. The van der Waals surface area contributed by atoms with Crippen LogP contribution in [0.2, 0.25) is 0 Å². The van der Waals surface area contributed by atoms with Crippen molar-refractivity contribution in [2.24, 2.45) is 0 Å². The molecule has 0 fully saturated rings. The van der Waals surface area contributed by atoms with Crippen molar-refractivity contribution in [2.45, 2.75) is 0 Å². The number of rotatable bonds is 5. The molecule has 110 valence electrons. The largest absolute Gasteiger partial charge is 0.497 e. The first-order chi connectivity index (χ1) is 10.1. The Morgan fingerprint density at radius 1 is 1.19 bits per heavy atom. The van der Waals surface area contributed by atoms with E-state index in [1.54, 1.807) is 31.4 Å². The number of H-pyrrole nitrogens is 1. The molecular formula is C13H14N3O4P. The normalized spacial score (nSPS) is 11.1. The molecule has 0 unspecified atom stereocenters. The van der Waals surface area contributed by atoms with Crippen molar-refractivity contribution in [3.63, 3.8) is 0 Å². The highest BCUT2D eigenvalue weighted by Crippen LogP contribution is 2.47. The Bertz CT molecular complexity index is 710. The minimum atomic E-state index is -3.55. The smallest absolute Gasteiger partial charge is 0.379 e. The molecule has 21 heavy (non-hydrogen) atoms. The summed E-state index contributed by atoms with van der Waals surface area (Å²) in [6, 6.07) is 8.90. The Morgan fingerprint density at radius 3 is 2.29 bits per heavy atom. The first-order valence-corrected chi connectivity index (χ1v) is 7.49. The molecule has 0 spiro atoms. The van der Waals surface area contributed by atoms with Crippen LogP contribution in [0.4, 0.5) is 0 Å². The lowest BCUT2D eigenvalue weighted by Gasteiger charge is -2.13. The van der Waals surface area contributed by atoms with Crippen LogP contribution >= 0.6 is 7.60 Å². The number of hydrogen-bond acceptors (Lipinski definition) is 6. The summed E-state index contributed by atoms with van der Waals surface area (Å²) < 4.78 is 27.6. The average Bonchev–Trinajstić information content (AvgIpc) is 2.98. The minimum absolute atomic E-state index is 0.115. The quantitative estimate of drug-likeness (QED) is 0.849. The van der Waals surface area contributed by atoms with E-state index in [0.29, 0.717) is 16.9 Å². The van der Waals surface area contributed by atoms with Crippen molar-refractivity contribution in [1.29, 1.82) is 5.26 Å². The predicted octanol–water partition coefficient (Wildman–Crippen LogP) is 2.07. The summed E-state index contributed by atoms with van der Waals surface area (Å²) in [7, 11) is 0.556. The van der Waals surface area contributed by atoms with Gasteiger partial charge in [0.15, 0.2) is 11.1 Å². The SMILES string of the molecule is COc1ccc(-c2c(C#N)n[nH]c2P(=O)(OC)OC)cc1. The monoisotopic (exact) mass is 307 g/mol. The molecular weight excluding hydrogens is 293 g/mol. The predicted molar refractivity (Wildman–Crippen MR) is 76.5 cm³/mol. The van der Waals surface area contributed by atoms with Gasteiger partial charge in [-0.15, -0.1) is 0 Å². The highest BCUT2D eigenvalue weighted by atomic mass is 31.2. The zero-order chi connectivity index (χ0) is 15.5. The summed E-state index contributed by atoms with van der Waals surface area (Å²) >= 11 is 0. The van der Waals surface area contributed by atoms with Crippen LogP contribution in [0.1, 0.15) is 5.69 Å². The molecule has 1 aromatic carbocycles. The van der Waals surface area contributed by atoms with Crippen LogP contribution < -0.4 is 10.2 Å². The van der Waals surface area contributed by atoms with Gasteiger partial charge in [0.2, 0.25) is 0 Å². The molecule has 0 aliphatic rings. The molecule has 7 nitrogen and oxygen atoms in total. The van der Waals surface area contributed by atoms with Crippen molar-refractivity contribution in [3.8, 4) is 22.9 Å². The molecule has 0 atom stereocenters. The van der Waals surface area contributed by atoms with E-state index in [-0.39, 0.29) is 11.1 Å². The van der Waals surface area contributed by atoms with Gasteiger partial charge in [-0.25, -0.2) is 0 Å². The zero-order valence-electron chi connectivity index (χ0n) is 11.8. The van der Waals surface area contributed by atoms with Gasteiger partial charge in [0.05, 0.1) is 12.7 Å². The number of nitrogens with zero attached hydrogens (tertiary/aromatic N) is 2. The maximum Gasteiger partial charge on any atom is 0.379 e.